The van der Waals surface area contributed by atoms with E-state index in [0.29, 0.717) is 23.3 Å². The third kappa shape index (κ3) is 5.32. The lowest BCUT2D eigenvalue weighted by Crippen LogP contribution is -2.22. The fraction of sp³-hybridized carbons (Fsp3) is 0.381. The van der Waals surface area contributed by atoms with Crippen LogP contribution in [0.25, 0.3) is 0 Å². The SMILES string of the molecule is COc1ccc(CS[C@H]2CN[C@H](CCC(=O)c3ccc(F)cc3)C2)cc1. The Morgan fingerprint density at radius 3 is 2.62 bits per heavy atom. The number of ketones is 1. The first kappa shape index (κ1) is 18.9. The van der Waals surface area contributed by atoms with E-state index in [1.54, 1.807) is 19.2 Å². The van der Waals surface area contributed by atoms with Crippen molar-refractivity contribution < 1.29 is 13.9 Å². The van der Waals surface area contributed by atoms with Crippen LogP contribution in [-0.4, -0.2) is 30.7 Å². The predicted molar refractivity (Wildman–Crippen MR) is 104 cm³/mol. The molecular formula is C21H24FNO2S. The zero-order valence-electron chi connectivity index (χ0n) is 14.9. The summed E-state index contributed by atoms with van der Waals surface area (Å²) in [5.41, 5.74) is 1.89. The number of hydrogen-bond donors (Lipinski definition) is 1. The van der Waals surface area contributed by atoms with Crippen molar-refractivity contribution in [3.8, 4) is 5.75 Å². The Hall–Kier alpha value is -1.85. The molecule has 26 heavy (non-hydrogen) atoms. The molecule has 0 unspecified atom stereocenters. The number of hydrogen-bond acceptors (Lipinski definition) is 4. The smallest absolute Gasteiger partial charge is 0.162 e. The van der Waals surface area contributed by atoms with E-state index >= 15 is 0 Å². The van der Waals surface area contributed by atoms with Gasteiger partial charge in [0.05, 0.1) is 7.11 Å². The second-order valence-corrected chi connectivity index (χ2v) is 7.88. The van der Waals surface area contributed by atoms with Crippen molar-refractivity contribution in [1.29, 1.82) is 0 Å². The number of rotatable bonds is 8. The van der Waals surface area contributed by atoms with E-state index in [2.05, 4.69) is 17.4 Å². The monoisotopic (exact) mass is 373 g/mol. The lowest BCUT2D eigenvalue weighted by atomic mass is 10.0. The van der Waals surface area contributed by atoms with E-state index in [9.17, 15) is 9.18 Å². The van der Waals surface area contributed by atoms with Gasteiger partial charge in [0, 0.05) is 35.6 Å². The molecule has 1 fully saturated rings. The molecule has 3 rings (SSSR count). The molecule has 0 amide bonds. The van der Waals surface area contributed by atoms with E-state index in [4.69, 9.17) is 4.74 Å². The van der Waals surface area contributed by atoms with Crippen LogP contribution in [0.4, 0.5) is 4.39 Å². The summed E-state index contributed by atoms with van der Waals surface area (Å²) in [6.45, 7) is 0.982. The number of thioether (sulfide) groups is 1. The topological polar surface area (TPSA) is 38.3 Å². The second kappa shape index (κ2) is 9.19. The molecule has 1 aliphatic heterocycles. The maximum absolute atomic E-state index is 12.9. The van der Waals surface area contributed by atoms with E-state index in [0.717, 1.165) is 30.9 Å². The molecule has 0 radical (unpaired) electrons. The third-order valence-corrected chi connectivity index (χ3v) is 6.04. The summed E-state index contributed by atoms with van der Waals surface area (Å²) in [6.07, 6.45) is 2.41. The largest absolute Gasteiger partial charge is 0.497 e. The van der Waals surface area contributed by atoms with Crippen LogP contribution in [0.5, 0.6) is 5.75 Å². The average Bonchev–Trinajstić information content (AvgIpc) is 3.13. The summed E-state index contributed by atoms with van der Waals surface area (Å²) in [4.78, 5) is 12.2. The van der Waals surface area contributed by atoms with Crippen LogP contribution in [0.15, 0.2) is 48.5 Å². The Bertz CT molecular complexity index is 718. The molecule has 0 spiro atoms. The Kier molecular flexibility index (Phi) is 6.69. The average molecular weight is 373 g/mol. The van der Waals surface area contributed by atoms with Crippen LogP contribution in [0.2, 0.25) is 0 Å². The maximum atomic E-state index is 12.9. The van der Waals surface area contributed by atoms with Crippen LogP contribution < -0.4 is 10.1 Å². The highest BCUT2D eigenvalue weighted by atomic mass is 32.2. The first-order chi connectivity index (χ1) is 12.6. The highest BCUT2D eigenvalue weighted by Crippen LogP contribution is 2.27. The van der Waals surface area contributed by atoms with E-state index in [1.165, 1.54) is 17.7 Å². The van der Waals surface area contributed by atoms with Gasteiger partial charge in [-0.2, -0.15) is 11.8 Å². The number of carbonyl (C=O) groups excluding carboxylic acids is 1. The van der Waals surface area contributed by atoms with Gasteiger partial charge in [0.15, 0.2) is 5.78 Å². The van der Waals surface area contributed by atoms with Crippen LogP contribution in [0, 0.1) is 5.82 Å². The third-order valence-electron chi connectivity index (χ3n) is 4.71. The van der Waals surface area contributed by atoms with Gasteiger partial charge in [0.1, 0.15) is 11.6 Å². The highest BCUT2D eigenvalue weighted by Gasteiger charge is 2.24. The Morgan fingerprint density at radius 2 is 1.92 bits per heavy atom. The number of methoxy groups -OCH3 is 1. The van der Waals surface area contributed by atoms with Crippen LogP contribution in [0.1, 0.15) is 35.2 Å². The van der Waals surface area contributed by atoms with Crippen molar-refractivity contribution in [2.24, 2.45) is 0 Å². The minimum absolute atomic E-state index is 0.0844. The standard InChI is InChI=1S/C21H24FNO2S/c1-25-19-9-2-15(3-10-19)14-26-20-12-18(23-13-20)8-11-21(24)16-4-6-17(22)7-5-16/h2-7,9-10,18,20,23H,8,11-14H2,1H3/t18-,20-/m1/s1. The number of halogens is 1. The molecule has 2 atom stereocenters. The fourth-order valence-electron chi connectivity index (χ4n) is 3.15. The van der Waals surface area contributed by atoms with Gasteiger partial charge in [-0.1, -0.05) is 12.1 Å². The van der Waals surface area contributed by atoms with Gasteiger partial charge in [-0.05, 0) is 54.8 Å². The highest BCUT2D eigenvalue weighted by molar-refractivity contribution is 7.99. The molecular weight excluding hydrogens is 349 g/mol. The normalized spacial score (nSPS) is 19.5. The molecule has 5 heteroatoms. The lowest BCUT2D eigenvalue weighted by molar-refractivity contribution is 0.0976. The van der Waals surface area contributed by atoms with Crippen LogP contribution in [-0.2, 0) is 5.75 Å². The van der Waals surface area contributed by atoms with Crippen LogP contribution in [0.3, 0.4) is 0 Å². The van der Waals surface area contributed by atoms with Gasteiger partial charge in [-0.3, -0.25) is 4.79 Å². The maximum Gasteiger partial charge on any atom is 0.162 e. The molecule has 3 nitrogen and oxygen atoms in total. The molecule has 1 heterocycles. The van der Waals surface area contributed by atoms with Crippen molar-refractivity contribution in [3.63, 3.8) is 0 Å². The summed E-state index contributed by atoms with van der Waals surface area (Å²) in [5, 5.41) is 4.10. The number of benzene rings is 2. The first-order valence-electron chi connectivity index (χ1n) is 8.90. The predicted octanol–water partition coefficient (Wildman–Crippen LogP) is 4.46. The Labute approximate surface area is 158 Å². The molecule has 0 saturated carbocycles. The summed E-state index contributed by atoms with van der Waals surface area (Å²) < 4.78 is 18.1. The summed E-state index contributed by atoms with van der Waals surface area (Å²) in [5.74, 6) is 1.64. The van der Waals surface area contributed by atoms with E-state index < -0.39 is 0 Å². The number of nitrogens with one attached hydrogen (secondary N) is 1. The van der Waals surface area contributed by atoms with Gasteiger partial charge in [-0.15, -0.1) is 0 Å². The summed E-state index contributed by atoms with van der Waals surface area (Å²) in [6, 6.07) is 14.4. The number of ether oxygens (including phenoxy) is 1. The molecule has 0 aliphatic carbocycles. The quantitative estimate of drug-likeness (QED) is 0.693. The zero-order valence-corrected chi connectivity index (χ0v) is 15.7. The van der Waals surface area contributed by atoms with Crippen molar-refractivity contribution in [1.82, 2.24) is 5.32 Å². The van der Waals surface area contributed by atoms with Gasteiger partial charge in [-0.25, -0.2) is 4.39 Å². The second-order valence-electron chi connectivity index (χ2n) is 6.59. The van der Waals surface area contributed by atoms with Crippen molar-refractivity contribution in [2.45, 2.75) is 36.3 Å². The van der Waals surface area contributed by atoms with Gasteiger partial charge in [0.2, 0.25) is 0 Å². The molecule has 1 aliphatic rings. The van der Waals surface area contributed by atoms with Crippen molar-refractivity contribution >= 4 is 17.5 Å². The molecule has 138 valence electrons. The molecule has 0 bridgehead atoms. The Balaban J connectivity index is 1.39. The molecule has 0 aromatic heterocycles. The Morgan fingerprint density at radius 1 is 1.19 bits per heavy atom. The van der Waals surface area contributed by atoms with Crippen molar-refractivity contribution in [3.05, 3.63) is 65.5 Å². The number of carbonyl (C=O) groups is 1. The molecule has 2 aromatic rings. The summed E-state index contributed by atoms with van der Waals surface area (Å²) in [7, 11) is 1.68. The summed E-state index contributed by atoms with van der Waals surface area (Å²) >= 11 is 1.96. The lowest BCUT2D eigenvalue weighted by Gasteiger charge is -2.11. The molecule has 2 aromatic carbocycles. The fourth-order valence-corrected chi connectivity index (χ4v) is 4.35. The minimum atomic E-state index is -0.310. The van der Waals surface area contributed by atoms with E-state index in [-0.39, 0.29) is 11.6 Å². The van der Waals surface area contributed by atoms with Gasteiger partial charge in [0.25, 0.3) is 0 Å². The molecule has 1 N–H and O–H groups in total. The zero-order chi connectivity index (χ0) is 18.4. The number of Topliss-reactive ketones (excluding diaryl/α,β-unsaturated/α-hetero) is 1. The van der Waals surface area contributed by atoms with Crippen molar-refractivity contribution in [2.75, 3.05) is 13.7 Å². The van der Waals surface area contributed by atoms with Gasteiger partial charge < -0.3 is 10.1 Å². The van der Waals surface area contributed by atoms with Gasteiger partial charge >= 0.3 is 0 Å². The van der Waals surface area contributed by atoms with Crippen LogP contribution >= 0.6 is 11.8 Å². The molecule has 1 saturated heterocycles. The van der Waals surface area contributed by atoms with E-state index in [1.807, 2.05) is 23.9 Å². The minimum Gasteiger partial charge on any atom is -0.497 e. The first-order valence-corrected chi connectivity index (χ1v) is 9.95.